The fraction of sp³-hybridized carbons (Fsp3) is 0.167. The summed E-state index contributed by atoms with van der Waals surface area (Å²) in [6.07, 6.45) is 1.56. The average molecular weight is 357 g/mol. The zero-order chi connectivity index (χ0) is 17.6. The maximum Gasteiger partial charge on any atom is 0.230 e. The lowest BCUT2D eigenvalue weighted by atomic mass is 10.2. The predicted molar refractivity (Wildman–Crippen MR) is 93.4 cm³/mol. The minimum atomic E-state index is -0.339. The molecule has 0 unspecified atom stereocenters. The maximum absolute atomic E-state index is 13.4. The van der Waals surface area contributed by atoms with Crippen molar-refractivity contribution in [2.75, 3.05) is 5.75 Å². The van der Waals surface area contributed by atoms with Crippen molar-refractivity contribution in [1.82, 2.24) is 15.3 Å². The molecule has 1 aromatic carbocycles. The molecule has 0 fully saturated rings. The molecule has 2 aromatic heterocycles. The lowest BCUT2D eigenvalue weighted by molar-refractivity contribution is -0.118. The number of carbonyl (C=O) groups is 1. The second-order valence-electron chi connectivity index (χ2n) is 5.33. The van der Waals surface area contributed by atoms with Crippen LogP contribution in [0.3, 0.4) is 0 Å². The molecule has 0 aliphatic carbocycles. The van der Waals surface area contributed by atoms with Crippen molar-refractivity contribution in [1.29, 1.82) is 0 Å². The summed E-state index contributed by atoms with van der Waals surface area (Å²) in [6, 6.07) is 11.5. The standard InChI is InChI=1S/C18H16FN3O2S/c1-12-8-17(22-18(21-12)13-4-2-5-14(19)9-13)25-11-16(23)20-10-15-6-3-7-24-15/h2-9H,10-11H2,1H3,(H,20,23). The van der Waals surface area contributed by atoms with Gasteiger partial charge in [-0.05, 0) is 37.3 Å². The Bertz CT molecular complexity index is 869. The normalized spacial score (nSPS) is 10.6. The van der Waals surface area contributed by atoms with Gasteiger partial charge in [0.15, 0.2) is 5.82 Å². The summed E-state index contributed by atoms with van der Waals surface area (Å²) in [4.78, 5) is 20.7. The van der Waals surface area contributed by atoms with E-state index in [4.69, 9.17) is 4.42 Å². The van der Waals surface area contributed by atoms with Crippen molar-refractivity contribution in [3.8, 4) is 11.4 Å². The Balaban J connectivity index is 1.63. The zero-order valence-electron chi connectivity index (χ0n) is 13.5. The van der Waals surface area contributed by atoms with Gasteiger partial charge in [0, 0.05) is 11.3 Å². The lowest BCUT2D eigenvalue weighted by Crippen LogP contribution is -2.24. The summed E-state index contributed by atoms with van der Waals surface area (Å²) in [6.45, 7) is 2.19. The molecule has 3 aromatic rings. The Labute approximate surface area is 148 Å². The van der Waals surface area contributed by atoms with Crippen LogP contribution in [0.1, 0.15) is 11.5 Å². The molecule has 0 atom stereocenters. The second-order valence-corrected chi connectivity index (χ2v) is 6.32. The molecule has 3 rings (SSSR count). The summed E-state index contributed by atoms with van der Waals surface area (Å²) in [5.74, 6) is 0.904. The van der Waals surface area contributed by atoms with Gasteiger partial charge >= 0.3 is 0 Å². The summed E-state index contributed by atoms with van der Waals surface area (Å²) in [7, 11) is 0. The van der Waals surface area contributed by atoms with Gasteiger partial charge in [-0.2, -0.15) is 0 Å². The van der Waals surface area contributed by atoms with Crippen LogP contribution in [0, 0.1) is 12.7 Å². The molecule has 0 spiro atoms. The van der Waals surface area contributed by atoms with Crippen molar-refractivity contribution in [2.24, 2.45) is 0 Å². The van der Waals surface area contributed by atoms with Crippen molar-refractivity contribution in [3.05, 3.63) is 66.0 Å². The second kappa shape index (κ2) is 7.94. The highest BCUT2D eigenvalue weighted by Gasteiger charge is 2.09. The first-order valence-electron chi connectivity index (χ1n) is 7.63. The minimum Gasteiger partial charge on any atom is -0.467 e. The van der Waals surface area contributed by atoms with Crippen LogP contribution in [0.2, 0.25) is 0 Å². The first-order chi connectivity index (χ1) is 12.1. The topological polar surface area (TPSA) is 68.0 Å². The molecule has 0 saturated carbocycles. The van der Waals surface area contributed by atoms with Gasteiger partial charge in [-0.15, -0.1) is 0 Å². The lowest BCUT2D eigenvalue weighted by Gasteiger charge is -2.07. The maximum atomic E-state index is 13.4. The van der Waals surface area contributed by atoms with E-state index in [0.717, 1.165) is 5.69 Å². The van der Waals surface area contributed by atoms with Crippen LogP contribution in [0.4, 0.5) is 4.39 Å². The Hall–Kier alpha value is -2.67. The molecule has 2 heterocycles. The Kier molecular flexibility index (Phi) is 5.45. The number of rotatable bonds is 6. The van der Waals surface area contributed by atoms with E-state index in [1.807, 2.05) is 6.92 Å². The molecule has 0 bridgehead atoms. The van der Waals surface area contributed by atoms with E-state index in [2.05, 4.69) is 15.3 Å². The highest BCUT2D eigenvalue weighted by atomic mass is 32.2. The number of nitrogens with one attached hydrogen (secondary N) is 1. The highest BCUT2D eigenvalue weighted by Crippen LogP contribution is 2.22. The summed E-state index contributed by atoms with van der Waals surface area (Å²) in [5, 5.41) is 3.44. The van der Waals surface area contributed by atoms with E-state index in [-0.39, 0.29) is 17.5 Å². The first kappa shape index (κ1) is 17.2. The van der Waals surface area contributed by atoms with Gasteiger partial charge in [-0.3, -0.25) is 4.79 Å². The summed E-state index contributed by atoms with van der Waals surface area (Å²) in [5.41, 5.74) is 1.36. The SMILES string of the molecule is Cc1cc(SCC(=O)NCc2ccco2)nc(-c2cccc(F)c2)n1. The smallest absolute Gasteiger partial charge is 0.230 e. The number of thioether (sulfide) groups is 1. The number of halogens is 1. The molecule has 25 heavy (non-hydrogen) atoms. The number of hydrogen-bond acceptors (Lipinski definition) is 5. The van der Waals surface area contributed by atoms with E-state index in [1.54, 1.807) is 36.6 Å². The van der Waals surface area contributed by atoms with Crippen LogP contribution in [-0.2, 0) is 11.3 Å². The number of hydrogen-bond donors (Lipinski definition) is 1. The van der Waals surface area contributed by atoms with Crippen LogP contribution < -0.4 is 5.32 Å². The van der Waals surface area contributed by atoms with Crippen molar-refractivity contribution >= 4 is 17.7 Å². The van der Waals surface area contributed by atoms with Gasteiger partial charge in [-0.25, -0.2) is 14.4 Å². The number of amides is 1. The van der Waals surface area contributed by atoms with Crippen LogP contribution in [0.15, 0.2) is 58.2 Å². The molecule has 5 nitrogen and oxygen atoms in total. The van der Waals surface area contributed by atoms with Gasteiger partial charge in [-0.1, -0.05) is 23.9 Å². The quantitative estimate of drug-likeness (QED) is 0.539. The molecule has 0 aliphatic heterocycles. The van der Waals surface area contributed by atoms with Gasteiger partial charge in [0.2, 0.25) is 5.91 Å². The van der Waals surface area contributed by atoms with Crippen molar-refractivity contribution < 1.29 is 13.6 Å². The largest absolute Gasteiger partial charge is 0.467 e. The van der Waals surface area contributed by atoms with E-state index >= 15 is 0 Å². The fourth-order valence-electron chi connectivity index (χ4n) is 2.16. The van der Waals surface area contributed by atoms with Crippen LogP contribution in [-0.4, -0.2) is 21.6 Å². The van der Waals surface area contributed by atoms with E-state index in [0.29, 0.717) is 28.7 Å². The summed E-state index contributed by atoms with van der Waals surface area (Å²) < 4.78 is 18.6. The van der Waals surface area contributed by atoms with Gasteiger partial charge < -0.3 is 9.73 Å². The van der Waals surface area contributed by atoms with Crippen LogP contribution >= 0.6 is 11.8 Å². The number of carbonyl (C=O) groups excluding carboxylic acids is 1. The number of aromatic nitrogens is 2. The van der Waals surface area contributed by atoms with Gasteiger partial charge in [0.05, 0.1) is 18.6 Å². The summed E-state index contributed by atoms with van der Waals surface area (Å²) >= 11 is 1.31. The van der Waals surface area contributed by atoms with Gasteiger partial charge in [0.1, 0.15) is 16.6 Å². The number of nitrogens with zero attached hydrogens (tertiary/aromatic N) is 2. The molecule has 7 heteroatoms. The van der Waals surface area contributed by atoms with Gasteiger partial charge in [0.25, 0.3) is 0 Å². The third kappa shape index (κ3) is 4.90. The highest BCUT2D eigenvalue weighted by molar-refractivity contribution is 7.99. The predicted octanol–water partition coefficient (Wildman–Crippen LogP) is 3.59. The van der Waals surface area contributed by atoms with E-state index in [9.17, 15) is 9.18 Å². The third-order valence-corrected chi connectivity index (χ3v) is 4.22. The fourth-order valence-corrected chi connectivity index (χ4v) is 2.95. The number of furan rings is 1. The molecule has 0 aliphatic rings. The number of benzene rings is 1. The zero-order valence-corrected chi connectivity index (χ0v) is 14.3. The molecule has 1 N–H and O–H groups in total. The molecular weight excluding hydrogens is 341 g/mol. The first-order valence-corrected chi connectivity index (χ1v) is 8.62. The monoisotopic (exact) mass is 357 g/mol. The Morgan fingerprint density at radius 2 is 2.12 bits per heavy atom. The Morgan fingerprint density at radius 3 is 2.88 bits per heavy atom. The molecule has 128 valence electrons. The van der Waals surface area contributed by atoms with E-state index in [1.165, 1.54) is 23.9 Å². The van der Waals surface area contributed by atoms with Crippen molar-refractivity contribution in [2.45, 2.75) is 18.5 Å². The molecule has 1 amide bonds. The van der Waals surface area contributed by atoms with E-state index < -0.39 is 0 Å². The van der Waals surface area contributed by atoms with Crippen molar-refractivity contribution in [3.63, 3.8) is 0 Å². The third-order valence-electron chi connectivity index (χ3n) is 3.30. The molecule has 0 saturated heterocycles. The number of aryl methyl sites for hydroxylation is 1. The van der Waals surface area contributed by atoms with Crippen LogP contribution in [0.25, 0.3) is 11.4 Å². The average Bonchev–Trinajstić information content (AvgIpc) is 3.11. The Morgan fingerprint density at radius 1 is 1.24 bits per heavy atom. The van der Waals surface area contributed by atoms with Crippen LogP contribution in [0.5, 0.6) is 0 Å². The molecule has 0 radical (unpaired) electrons. The minimum absolute atomic E-state index is 0.120. The molecular formula is C18H16FN3O2S.